The second-order valence-corrected chi connectivity index (χ2v) is 7.36. The molecule has 30 heavy (non-hydrogen) atoms. The molecule has 3 aromatic rings. The Morgan fingerprint density at radius 3 is 2.53 bits per heavy atom. The highest BCUT2D eigenvalue weighted by atomic mass is 35.5. The number of halogens is 1. The molecular formula is C23H24ClN3O3. The van der Waals surface area contributed by atoms with Crippen LogP contribution in [0.3, 0.4) is 0 Å². The van der Waals surface area contributed by atoms with E-state index in [1.807, 2.05) is 60.8 Å². The average Bonchev–Trinajstić information content (AvgIpc) is 3.29. The third-order valence-corrected chi connectivity index (χ3v) is 5.18. The predicted molar refractivity (Wildman–Crippen MR) is 117 cm³/mol. The number of carboxylic acid groups (broad SMARTS) is 1. The van der Waals surface area contributed by atoms with Crippen LogP contribution in [-0.2, 0) is 16.1 Å². The molecule has 0 fully saturated rings. The molecule has 0 aliphatic rings. The number of hydrogen-bond acceptors (Lipinski definition) is 4. The maximum Gasteiger partial charge on any atom is 0.334 e. The van der Waals surface area contributed by atoms with Crippen LogP contribution in [0.15, 0.2) is 79.4 Å². The second kappa shape index (κ2) is 10.7. The van der Waals surface area contributed by atoms with E-state index in [0.717, 1.165) is 23.1 Å². The van der Waals surface area contributed by atoms with Crippen molar-refractivity contribution in [3.8, 4) is 0 Å². The van der Waals surface area contributed by atoms with Gasteiger partial charge in [-0.25, -0.2) is 15.7 Å². The first kappa shape index (κ1) is 21.8. The zero-order valence-corrected chi connectivity index (χ0v) is 17.2. The summed E-state index contributed by atoms with van der Waals surface area (Å²) in [6, 6.07) is 17.8. The van der Waals surface area contributed by atoms with Gasteiger partial charge in [-0.3, -0.25) is 4.84 Å². The van der Waals surface area contributed by atoms with Gasteiger partial charge in [0.15, 0.2) is 6.10 Å². The van der Waals surface area contributed by atoms with E-state index < -0.39 is 12.1 Å². The first-order valence-corrected chi connectivity index (χ1v) is 10.0. The van der Waals surface area contributed by atoms with Crippen LogP contribution in [0.25, 0.3) is 5.57 Å². The van der Waals surface area contributed by atoms with E-state index in [9.17, 15) is 9.90 Å². The monoisotopic (exact) mass is 425 g/mol. The summed E-state index contributed by atoms with van der Waals surface area (Å²) in [7, 11) is 0. The summed E-state index contributed by atoms with van der Waals surface area (Å²) < 4.78 is 2.06. The number of nitrogens with two attached hydrogens (primary N) is 1. The fourth-order valence-corrected chi connectivity index (χ4v) is 3.52. The van der Waals surface area contributed by atoms with Crippen molar-refractivity contribution in [3.63, 3.8) is 0 Å². The van der Waals surface area contributed by atoms with Crippen LogP contribution in [0, 0.1) is 0 Å². The van der Waals surface area contributed by atoms with Gasteiger partial charge in [0.1, 0.15) is 0 Å². The number of nitrogens with zero attached hydrogens (tertiary/aromatic N) is 2. The lowest BCUT2D eigenvalue weighted by atomic mass is 9.91. The topological polar surface area (TPSA) is 90.4 Å². The molecule has 0 saturated heterocycles. The van der Waals surface area contributed by atoms with E-state index in [-0.39, 0.29) is 12.5 Å². The lowest BCUT2D eigenvalue weighted by Gasteiger charge is -2.23. The Balaban J connectivity index is 1.95. The van der Waals surface area contributed by atoms with Gasteiger partial charge in [0.05, 0.1) is 12.4 Å². The number of allylic oxidation sites excluding steroid dienone is 2. The predicted octanol–water partition coefficient (Wildman–Crippen LogP) is 4.53. The van der Waals surface area contributed by atoms with Gasteiger partial charge in [0, 0.05) is 17.4 Å². The Hall–Kier alpha value is -2.93. The number of carbonyl (C=O) groups is 1. The standard InChI is InChI=1S/C23H24ClN3O3/c24-19-11-9-17(10-12-19)15-21(27-14-13-26-16-27)20(18-5-2-1-3-6-18)7-4-8-22(30-25)23(28)29/h1-3,5-7,9-14,16,21-22H,4,8,15,25H2,(H,28,29)/b20-7+. The Morgan fingerprint density at radius 1 is 1.20 bits per heavy atom. The molecule has 7 heteroatoms. The van der Waals surface area contributed by atoms with Crippen LogP contribution >= 0.6 is 11.6 Å². The summed E-state index contributed by atoms with van der Waals surface area (Å²) in [6.45, 7) is 0. The molecular weight excluding hydrogens is 402 g/mol. The normalized spacial score (nSPS) is 13.7. The highest BCUT2D eigenvalue weighted by Crippen LogP contribution is 2.32. The molecule has 2 aromatic carbocycles. The lowest BCUT2D eigenvalue weighted by molar-refractivity contribution is -0.151. The minimum absolute atomic E-state index is 0.0295. The van der Waals surface area contributed by atoms with Gasteiger partial charge in [-0.2, -0.15) is 0 Å². The molecule has 0 amide bonds. The van der Waals surface area contributed by atoms with E-state index in [2.05, 4.69) is 20.5 Å². The summed E-state index contributed by atoms with van der Waals surface area (Å²) in [5.41, 5.74) is 3.27. The van der Waals surface area contributed by atoms with Crippen LogP contribution in [0.5, 0.6) is 0 Å². The molecule has 0 aliphatic heterocycles. The summed E-state index contributed by atoms with van der Waals surface area (Å²) in [5.74, 6) is 4.06. The second-order valence-electron chi connectivity index (χ2n) is 6.92. The Kier molecular flexibility index (Phi) is 7.79. The van der Waals surface area contributed by atoms with Gasteiger partial charge < -0.3 is 9.67 Å². The Bertz CT molecular complexity index is 957. The van der Waals surface area contributed by atoms with Crippen molar-refractivity contribution < 1.29 is 14.7 Å². The summed E-state index contributed by atoms with van der Waals surface area (Å²) in [4.78, 5) is 20.0. The molecule has 2 atom stereocenters. The molecule has 0 spiro atoms. The minimum atomic E-state index is -1.07. The Morgan fingerprint density at radius 2 is 1.93 bits per heavy atom. The number of aliphatic carboxylic acids is 1. The molecule has 0 radical (unpaired) electrons. The summed E-state index contributed by atoms with van der Waals surface area (Å²) in [5, 5.41) is 9.88. The summed E-state index contributed by atoms with van der Waals surface area (Å²) >= 11 is 6.05. The van der Waals surface area contributed by atoms with Gasteiger partial charge in [-0.05, 0) is 48.1 Å². The Labute approximate surface area is 180 Å². The highest BCUT2D eigenvalue weighted by Gasteiger charge is 2.20. The van der Waals surface area contributed by atoms with Crippen molar-refractivity contribution in [1.29, 1.82) is 0 Å². The number of hydrogen-bond donors (Lipinski definition) is 2. The van der Waals surface area contributed by atoms with E-state index >= 15 is 0 Å². The first-order chi connectivity index (χ1) is 14.6. The zero-order valence-electron chi connectivity index (χ0n) is 16.4. The van der Waals surface area contributed by atoms with E-state index in [1.54, 1.807) is 12.5 Å². The maximum atomic E-state index is 11.2. The molecule has 6 nitrogen and oxygen atoms in total. The zero-order chi connectivity index (χ0) is 21.3. The molecule has 1 heterocycles. The fourth-order valence-electron chi connectivity index (χ4n) is 3.39. The summed E-state index contributed by atoms with van der Waals surface area (Å²) in [6.07, 6.45) is 8.00. The molecule has 156 valence electrons. The fraction of sp³-hybridized carbons (Fsp3) is 0.217. The van der Waals surface area contributed by atoms with Crippen molar-refractivity contribution in [2.45, 2.75) is 31.4 Å². The van der Waals surface area contributed by atoms with Crippen LogP contribution in [0.1, 0.15) is 30.0 Å². The smallest absolute Gasteiger partial charge is 0.334 e. The molecule has 0 aliphatic carbocycles. The van der Waals surface area contributed by atoms with Gasteiger partial charge in [0.25, 0.3) is 0 Å². The molecule has 3 N–H and O–H groups in total. The highest BCUT2D eigenvalue weighted by molar-refractivity contribution is 6.30. The van der Waals surface area contributed by atoms with Crippen molar-refractivity contribution in [2.75, 3.05) is 0 Å². The third-order valence-electron chi connectivity index (χ3n) is 4.93. The molecule has 3 rings (SSSR count). The van der Waals surface area contributed by atoms with Gasteiger partial charge >= 0.3 is 5.97 Å². The quantitative estimate of drug-likeness (QED) is 0.466. The molecule has 0 bridgehead atoms. The van der Waals surface area contributed by atoms with Gasteiger partial charge in [0.2, 0.25) is 0 Å². The van der Waals surface area contributed by atoms with E-state index in [1.165, 1.54) is 0 Å². The largest absolute Gasteiger partial charge is 0.479 e. The number of benzene rings is 2. The van der Waals surface area contributed by atoms with Gasteiger partial charge in [-0.1, -0.05) is 60.1 Å². The van der Waals surface area contributed by atoms with E-state index in [4.69, 9.17) is 17.5 Å². The van der Waals surface area contributed by atoms with Crippen LogP contribution in [0.4, 0.5) is 0 Å². The average molecular weight is 426 g/mol. The van der Waals surface area contributed by atoms with Crippen molar-refractivity contribution in [3.05, 3.63) is 95.5 Å². The number of aromatic nitrogens is 2. The molecule has 0 saturated carbocycles. The lowest BCUT2D eigenvalue weighted by Crippen LogP contribution is -2.26. The first-order valence-electron chi connectivity index (χ1n) is 9.64. The maximum absolute atomic E-state index is 11.2. The van der Waals surface area contributed by atoms with Crippen LogP contribution < -0.4 is 5.90 Å². The van der Waals surface area contributed by atoms with Crippen molar-refractivity contribution in [2.24, 2.45) is 5.90 Å². The van der Waals surface area contributed by atoms with Crippen LogP contribution in [0.2, 0.25) is 5.02 Å². The van der Waals surface area contributed by atoms with Crippen molar-refractivity contribution >= 4 is 23.1 Å². The van der Waals surface area contributed by atoms with Gasteiger partial charge in [-0.15, -0.1) is 0 Å². The number of imidazole rings is 1. The molecule has 1 aromatic heterocycles. The number of rotatable bonds is 10. The minimum Gasteiger partial charge on any atom is -0.479 e. The third kappa shape index (κ3) is 5.79. The number of carboxylic acids is 1. The van der Waals surface area contributed by atoms with Crippen molar-refractivity contribution in [1.82, 2.24) is 9.55 Å². The molecule has 2 unspecified atom stereocenters. The van der Waals surface area contributed by atoms with Crippen LogP contribution in [-0.4, -0.2) is 26.7 Å². The SMILES string of the molecule is NOC(CC/C=C(\c1ccccc1)C(Cc1ccc(Cl)cc1)n1ccnc1)C(=O)O. The van der Waals surface area contributed by atoms with E-state index in [0.29, 0.717) is 11.4 Å².